The molecule has 1 saturated heterocycles. The minimum atomic E-state index is 0.284. The van der Waals surface area contributed by atoms with E-state index in [-0.39, 0.29) is 6.61 Å². The Morgan fingerprint density at radius 2 is 2.37 bits per heavy atom. The van der Waals surface area contributed by atoms with Crippen molar-refractivity contribution in [1.29, 1.82) is 0 Å². The van der Waals surface area contributed by atoms with Crippen LogP contribution in [0.4, 0.5) is 0 Å². The van der Waals surface area contributed by atoms with Crippen LogP contribution in [-0.4, -0.2) is 48.8 Å². The minimum Gasteiger partial charge on any atom is -0.396 e. The summed E-state index contributed by atoms with van der Waals surface area (Å²) in [5.41, 5.74) is 0. The molecule has 1 aromatic heterocycles. The van der Waals surface area contributed by atoms with E-state index in [0.717, 1.165) is 19.5 Å². The molecule has 108 valence electrons. The molecule has 2 atom stereocenters. The molecule has 3 nitrogen and oxygen atoms in total. The summed E-state index contributed by atoms with van der Waals surface area (Å²) in [7, 11) is 0. The lowest BCUT2D eigenvalue weighted by molar-refractivity contribution is 0.170. The maximum atomic E-state index is 8.89. The molecular weight excluding hydrogens is 256 g/mol. The quantitative estimate of drug-likeness (QED) is 0.753. The van der Waals surface area contributed by atoms with Crippen molar-refractivity contribution in [2.45, 2.75) is 38.1 Å². The highest BCUT2D eigenvalue weighted by molar-refractivity contribution is 7.10. The number of hydrogen-bond donors (Lipinski definition) is 2. The van der Waals surface area contributed by atoms with Crippen molar-refractivity contribution in [3.63, 3.8) is 0 Å². The van der Waals surface area contributed by atoms with E-state index < -0.39 is 0 Å². The minimum absolute atomic E-state index is 0.284. The third-order valence-electron chi connectivity index (χ3n) is 3.78. The number of likely N-dealkylation sites (tertiary alicyclic amines) is 1. The fraction of sp³-hybridized carbons (Fsp3) is 0.733. The second-order valence-electron chi connectivity index (χ2n) is 5.44. The molecule has 4 heteroatoms. The zero-order valence-electron chi connectivity index (χ0n) is 11.8. The lowest BCUT2D eigenvalue weighted by Gasteiger charge is -2.38. The van der Waals surface area contributed by atoms with E-state index in [4.69, 9.17) is 5.11 Å². The van der Waals surface area contributed by atoms with Gasteiger partial charge in [-0.2, -0.15) is 0 Å². The van der Waals surface area contributed by atoms with E-state index >= 15 is 0 Å². The molecule has 0 aliphatic carbocycles. The Balaban J connectivity index is 1.92. The van der Waals surface area contributed by atoms with Gasteiger partial charge < -0.3 is 15.3 Å². The molecule has 2 rings (SSSR count). The first kappa shape index (κ1) is 15.0. The van der Waals surface area contributed by atoms with Gasteiger partial charge in [-0.25, -0.2) is 0 Å². The summed E-state index contributed by atoms with van der Waals surface area (Å²) in [6.07, 6.45) is 3.31. The molecule has 19 heavy (non-hydrogen) atoms. The van der Waals surface area contributed by atoms with Crippen molar-refractivity contribution in [2.75, 3.05) is 32.8 Å². The summed E-state index contributed by atoms with van der Waals surface area (Å²) in [4.78, 5) is 4.11. The van der Waals surface area contributed by atoms with Crippen LogP contribution < -0.4 is 5.32 Å². The number of thiophene rings is 1. The van der Waals surface area contributed by atoms with Gasteiger partial charge in [0.15, 0.2) is 0 Å². The molecule has 1 aromatic rings. The Hall–Kier alpha value is -0.420. The third-order valence-corrected chi connectivity index (χ3v) is 4.81. The first-order valence-electron chi connectivity index (χ1n) is 7.43. The predicted molar refractivity (Wildman–Crippen MR) is 81.9 cm³/mol. The van der Waals surface area contributed by atoms with Crippen molar-refractivity contribution in [3.8, 4) is 0 Å². The molecule has 2 unspecified atom stereocenters. The smallest absolute Gasteiger partial charge is 0.0443 e. The number of nitrogens with zero attached hydrogens (tertiary/aromatic N) is 1. The maximum absolute atomic E-state index is 8.89. The monoisotopic (exact) mass is 282 g/mol. The van der Waals surface area contributed by atoms with Gasteiger partial charge in [-0.1, -0.05) is 13.0 Å². The van der Waals surface area contributed by atoms with Crippen LogP contribution in [0, 0.1) is 0 Å². The van der Waals surface area contributed by atoms with Gasteiger partial charge in [-0.3, -0.25) is 0 Å². The van der Waals surface area contributed by atoms with Gasteiger partial charge in [-0.15, -0.1) is 11.3 Å². The second-order valence-corrected chi connectivity index (χ2v) is 6.42. The van der Waals surface area contributed by atoms with Crippen LogP contribution in [0.5, 0.6) is 0 Å². The molecular formula is C15H26N2OS. The summed E-state index contributed by atoms with van der Waals surface area (Å²) in [6.45, 7) is 7.02. The van der Waals surface area contributed by atoms with E-state index in [2.05, 4.69) is 34.7 Å². The van der Waals surface area contributed by atoms with Crippen LogP contribution in [-0.2, 0) is 0 Å². The molecule has 1 aliphatic heterocycles. The largest absolute Gasteiger partial charge is 0.396 e. The zero-order chi connectivity index (χ0) is 13.5. The predicted octanol–water partition coefficient (Wildman–Crippen LogP) is 2.29. The topological polar surface area (TPSA) is 35.5 Å². The Labute approximate surface area is 120 Å². The highest BCUT2D eigenvalue weighted by Crippen LogP contribution is 2.30. The lowest BCUT2D eigenvalue weighted by Crippen LogP contribution is -2.48. The molecule has 1 fully saturated rings. The normalized spacial score (nSPS) is 24.7. The molecule has 2 heterocycles. The molecule has 0 bridgehead atoms. The van der Waals surface area contributed by atoms with Crippen molar-refractivity contribution in [2.24, 2.45) is 0 Å². The van der Waals surface area contributed by atoms with Crippen LogP contribution in [0.1, 0.15) is 37.0 Å². The Morgan fingerprint density at radius 3 is 3.05 bits per heavy atom. The van der Waals surface area contributed by atoms with Crippen LogP contribution in [0.2, 0.25) is 0 Å². The highest BCUT2D eigenvalue weighted by Gasteiger charge is 2.27. The highest BCUT2D eigenvalue weighted by atomic mass is 32.1. The van der Waals surface area contributed by atoms with Crippen molar-refractivity contribution < 1.29 is 5.11 Å². The Bertz CT molecular complexity index is 342. The number of rotatable bonds is 7. The second kappa shape index (κ2) is 8.00. The average Bonchev–Trinajstić information content (AvgIpc) is 2.93. The molecule has 0 amide bonds. The number of aliphatic hydroxyl groups is 1. The molecule has 2 N–H and O–H groups in total. The van der Waals surface area contributed by atoms with Crippen molar-refractivity contribution in [1.82, 2.24) is 10.2 Å². The number of piperidine rings is 1. The van der Waals surface area contributed by atoms with Crippen LogP contribution >= 0.6 is 11.3 Å². The van der Waals surface area contributed by atoms with Gasteiger partial charge in [0.2, 0.25) is 0 Å². The maximum Gasteiger partial charge on any atom is 0.0443 e. The van der Waals surface area contributed by atoms with E-state index in [1.807, 2.05) is 11.3 Å². The van der Waals surface area contributed by atoms with Gasteiger partial charge >= 0.3 is 0 Å². The standard InChI is InChI=1S/C15H26N2OS/c1-2-7-17-11-13(15-5-3-9-19-15)10-14(12-17)16-6-4-8-18/h3,5,9,13-14,16,18H,2,4,6-8,10-12H2,1H3. The molecule has 0 saturated carbocycles. The van der Waals surface area contributed by atoms with Gasteiger partial charge in [0.25, 0.3) is 0 Å². The van der Waals surface area contributed by atoms with Crippen molar-refractivity contribution in [3.05, 3.63) is 22.4 Å². The number of hydrogen-bond acceptors (Lipinski definition) is 4. The average molecular weight is 282 g/mol. The molecule has 0 spiro atoms. The first-order valence-corrected chi connectivity index (χ1v) is 8.31. The molecule has 0 radical (unpaired) electrons. The first-order chi connectivity index (χ1) is 9.33. The van der Waals surface area contributed by atoms with E-state index in [1.54, 1.807) is 0 Å². The molecule has 1 aliphatic rings. The summed E-state index contributed by atoms with van der Waals surface area (Å²) in [5.74, 6) is 0.673. The van der Waals surface area contributed by atoms with Gasteiger partial charge in [0, 0.05) is 36.5 Å². The third kappa shape index (κ3) is 4.56. The van der Waals surface area contributed by atoms with E-state index in [9.17, 15) is 0 Å². The fourth-order valence-corrected chi connectivity index (χ4v) is 3.79. The van der Waals surface area contributed by atoms with Gasteiger partial charge in [-0.05, 0) is 43.8 Å². The van der Waals surface area contributed by atoms with Gasteiger partial charge in [0.05, 0.1) is 0 Å². The summed E-state index contributed by atoms with van der Waals surface area (Å²) < 4.78 is 0. The lowest BCUT2D eigenvalue weighted by atomic mass is 9.92. The molecule has 0 aromatic carbocycles. The number of aliphatic hydroxyl groups excluding tert-OH is 1. The zero-order valence-corrected chi connectivity index (χ0v) is 12.7. The van der Waals surface area contributed by atoms with E-state index in [0.29, 0.717) is 12.0 Å². The SMILES string of the molecule is CCCN1CC(NCCCO)CC(c2cccs2)C1. The van der Waals surface area contributed by atoms with Crippen LogP contribution in [0.15, 0.2) is 17.5 Å². The van der Waals surface area contributed by atoms with E-state index in [1.165, 1.54) is 30.8 Å². The Morgan fingerprint density at radius 1 is 1.47 bits per heavy atom. The van der Waals surface area contributed by atoms with Crippen LogP contribution in [0.25, 0.3) is 0 Å². The van der Waals surface area contributed by atoms with Crippen LogP contribution in [0.3, 0.4) is 0 Å². The van der Waals surface area contributed by atoms with Crippen molar-refractivity contribution >= 4 is 11.3 Å². The van der Waals surface area contributed by atoms with Gasteiger partial charge in [0.1, 0.15) is 0 Å². The summed E-state index contributed by atoms with van der Waals surface area (Å²) >= 11 is 1.89. The fourth-order valence-electron chi connectivity index (χ4n) is 2.95. The summed E-state index contributed by atoms with van der Waals surface area (Å²) in [5, 5.41) is 14.7. The Kier molecular flexibility index (Phi) is 6.31. The number of nitrogens with one attached hydrogen (secondary N) is 1. The summed E-state index contributed by atoms with van der Waals surface area (Å²) in [6, 6.07) is 5.00.